The molecule has 2 saturated heterocycles. The molecule has 3 N–H and O–H groups in total. The van der Waals surface area contributed by atoms with Crippen molar-refractivity contribution in [2.45, 2.75) is 24.9 Å². The van der Waals surface area contributed by atoms with Crippen LogP contribution in [-0.2, 0) is 4.79 Å². The minimum Gasteiger partial charge on any atom is -0.309 e. The van der Waals surface area contributed by atoms with Crippen LogP contribution in [0.4, 0.5) is 4.79 Å². The fourth-order valence-corrected chi connectivity index (χ4v) is 2.79. The molecule has 0 spiro atoms. The molecule has 8 heteroatoms. The number of carbonyl (C=O) groups excluding carboxylic acids is 3. The maximum Gasteiger partial charge on any atom is 0.344 e. The van der Waals surface area contributed by atoms with Gasteiger partial charge in [-0.2, -0.15) is 0 Å². The lowest BCUT2D eigenvalue weighted by Crippen LogP contribution is -2.54. The second-order valence-electron chi connectivity index (χ2n) is 5.34. The quantitative estimate of drug-likeness (QED) is 0.533. The monoisotopic (exact) mass is 304 g/mol. The molecule has 116 valence electrons. The van der Waals surface area contributed by atoms with E-state index in [-0.39, 0.29) is 6.04 Å². The number of carbonyl (C=O) groups is 3. The Kier molecular flexibility index (Phi) is 3.68. The maximum absolute atomic E-state index is 12.2. The van der Waals surface area contributed by atoms with Crippen molar-refractivity contribution in [2.75, 3.05) is 6.54 Å². The normalized spacial score (nSPS) is 23.4. The third-order valence-electron chi connectivity index (χ3n) is 3.98. The number of hydrazine groups is 1. The largest absolute Gasteiger partial charge is 0.344 e. The number of hydrogen-bond donors (Lipinski definition) is 3. The highest BCUT2D eigenvalue weighted by Gasteiger charge is 2.46. The summed E-state index contributed by atoms with van der Waals surface area (Å²) in [6.07, 6.45) is 0.990. The molecule has 2 heterocycles. The molecule has 2 aliphatic heterocycles. The summed E-state index contributed by atoms with van der Waals surface area (Å²) in [5, 5.41) is 10.3. The van der Waals surface area contributed by atoms with E-state index in [4.69, 9.17) is 0 Å². The number of hydrogen-bond acceptors (Lipinski definition) is 4. The zero-order chi connectivity index (χ0) is 15.7. The van der Waals surface area contributed by atoms with Gasteiger partial charge in [0.2, 0.25) is 0 Å². The van der Waals surface area contributed by atoms with Gasteiger partial charge in [-0.3, -0.25) is 25.6 Å². The standard InChI is InChI=1S/C14H16N4O4/c19-12(9-4-2-1-3-5-9)15-16-13(20)11-7-6-10-8-17(11)14(21)18(10)22/h1-5,10-11,22H,6-8H2,(H,15,19)(H,16,20)/t10-,11+/m1/s1. The molecule has 22 heavy (non-hydrogen) atoms. The minimum absolute atomic E-state index is 0.254. The van der Waals surface area contributed by atoms with E-state index in [1.165, 1.54) is 4.90 Å². The fourth-order valence-electron chi connectivity index (χ4n) is 2.79. The Morgan fingerprint density at radius 3 is 2.59 bits per heavy atom. The summed E-state index contributed by atoms with van der Waals surface area (Å²) in [7, 11) is 0. The van der Waals surface area contributed by atoms with E-state index in [1.807, 2.05) is 0 Å². The molecule has 2 bridgehead atoms. The summed E-state index contributed by atoms with van der Waals surface area (Å²) in [5.74, 6) is -0.898. The van der Waals surface area contributed by atoms with Gasteiger partial charge in [-0.1, -0.05) is 18.2 Å². The van der Waals surface area contributed by atoms with E-state index in [1.54, 1.807) is 30.3 Å². The van der Waals surface area contributed by atoms with Crippen LogP contribution in [0.25, 0.3) is 0 Å². The van der Waals surface area contributed by atoms with Crippen LogP contribution in [0.5, 0.6) is 0 Å². The average Bonchev–Trinajstić information content (AvgIpc) is 2.78. The molecule has 2 atom stereocenters. The smallest absolute Gasteiger partial charge is 0.309 e. The van der Waals surface area contributed by atoms with Crippen LogP contribution < -0.4 is 10.9 Å². The van der Waals surface area contributed by atoms with Crippen molar-refractivity contribution in [1.82, 2.24) is 20.8 Å². The topological polar surface area (TPSA) is 102 Å². The number of hydroxylamine groups is 2. The van der Waals surface area contributed by atoms with Crippen molar-refractivity contribution in [1.29, 1.82) is 0 Å². The lowest BCUT2D eigenvalue weighted by molar-refractivity contribution is -0.126. The van der Waals surface area contributed by atoms with Crippen LogP contribution in [-0.4, -0.2) is 51.6 Å². The van der Waals surface area contributed by atoms with Crippen LogP contribution in [0.2, 0.25) is 0 Å². The van der Waals surface area contributed by atoms with Crippen molar-refractivity contribution >= 4 is 17.8 Å². The van der Waals surface area contributed by atoms with E-state index in [9.17, 15) is 19.6 Å². The Morgan fingerprint density at radius 2 is 1.86 bits per heavy atom. The molecule has 8 nitrogen and oxygen atoms in total. The zero-order valence-corrected chi connectivity index (χ0v) is 11.7. The molecule has 1 aromatic carbocycles. The van der Waals surface area contributed by atoms with Crippen molar-refractivity contribution in [2.24, 2.45) is 0 Å². The van der Waals surface area contributed by atoms with Gasteiger partial charge in [0.25, 0.3) is 11.8 Å². The number of rotatable bonds is 2. The number of piperidine rings is 1. The number of nitrogens with zero attached hydrogens (tertiary/aromatic N) is 2. The predicted molar refractivity (Wildman–Crippen MR) is 74.6 cm³/mol. The fraction of sp³-hybridized carbons (Fsp3) is 0.357. The predicted octanol–water partition coefficient (Wildman–Crippen LogP) is 0.105. The van der Waals surface area contributed by atoms with Crippen LogP contribution in [0, 0.1) is 0 Å². The Hall–Kier alpha value is -2.61. The second-order valence-corrected chi connectivity index (χ2v) is 5.34. The Balaban J connectivity index is 1.59. The zero-order valence-electron chi connectivity index (χ0n) is 11.7. The van der Waals surface area contributed by atoms with Crippen LogP contribution in [0.1, 0.15) is 23.2 Å². The van der Waals surface area contributed by atoms with Gasteiger partial charge in [-0.15, -0.1) is 0 Å². The first-order chi connectivity index (χ1) is 10.6. The molecule has 0 radical (unpaired) electrons. The van der Waals surface area contributed by atoms with E-state index >= 15 is 0 Å². The number of benzene rings is 1. The molecule has 0 aromatic heterocycles. The van der Waals surface area contributed by atoms with Gasteiger partial charge >= 0.3 is 6.03 Å². The first-order valence-corrected chi connectivity index (χ1v) is 7.02. The second kappa shape index (κ2) is 5.64. The van der Waals surface area contributed by atoms with E-state index in [0.717, 1.165) is 0 Å². The van der Waals surface area contributed by atoms with Gasteiger partial charge in [0.05, 0.1) is 6.04 Å². The molecular formula is C14H16N4O4. The van der Waals surface area contributed by atoms with E-state index in [0.29, 0.717) is 30.0 Å². The summed E-state index contributed by atoms with van der Waals surface area (Å²) in [4.78, 5) is 37.1. The van der Waals surface area contributed by atoms with E-state index < -0.39 is 23.9 Å². The minimum atomic E-state index is -0.683. The molecular weight excluding hydrogens is 288 g/mol. The van der Waals surface area contributed by atoms with Gasteiger partial charge in [0.15, 0.2) is 0 Å². The van der Waals surface area contributed by atoms with Crippen LogP contribution in [0.3, 0.4) is 0 Å². The lowest BCUT2D eigenvalue weighted by Gasteiger charge is -2.29. The third kappa shape index (κ3) is 2.48. The molecule has 3 rings (SSSR count). The summed E-state index contributed by atoms with van der Waals surface area (Å²) >= 11 is 0. The highest BCUT2D eigenvalue weighted by Crippen LogP contribution is 2.28. The summed E-state index contributed by atoms with van der Waals surface area (Å²) in [5.41, 5.74) is 5.09. The van der Waals surface area contributed by atoms with Crippen molar-refractivity contribution in [3.05, 3.63) is 35.9 Å². The van der Waals surface area contributed by atoms with Crippen molar-refractivity contribution in [3.63, 3.8) is 0 Å². The maximum atomic E-state index is 12.2. The number of amides is 4. The van der Waals surface area contributed by atoms with Gasteiger partial charge in [-0.25, -0.2) is 9.86 Å². The summed E-state index contributed by atoms with van der Waals surface area (Å²) in [6, 6.07) is 6.96. The Bertz CT molecular complexity index is 606. The van der Waals surface area contributed by atoms with Gasteiger partial charge < -0.3 is 4.90 Å². The molecule has 0 aliphatic carbocycles. The van der Waals surface area contributed by atoms with Crippen LogP contribution >= 0.6 is 0 Å². The first kappa shape index (κ1) is 14.3. The van der Waals surface area contributed by atoms with Crippen molar-refractivity contribution in [3.8, 4) is 0 Å². The highest BCUT2D eigenvalue weighted by molar-refractivity contribution is 5.96. The SMILES string of the molecule is O=C(NNC(=O)[C@@H]1CC[C@@H]2CN1C(=O)N2O)c1ccccc1. The Labute approximate surface area is 126 Å². The van der Waals surface area contributed by atoms with Crippen LogP contribution in [0.15, 0.2) is 30.3 Å². The molecule has 4 amide bonds. The molecule has 2 fully saturated rings. The first-order valence-electron chi connectivity index (χ1n) is 7.02. The van der Waals surface area contributed by atoms with Crippen molar-refractivity contribution < 1.29 is 19.6 Å². The highest BCUT2D eigenvalue weighted by atomic mass is 16.5. The Morgan fingerprint density at radius 1 is 1.14 bits per heavy atom. The number of fused-ring (bicyclic) bond motifs is 2. The third-order valence-corrected chi connectivity index (χ3v) is 3.98. The molecule has 1 aromatic rings. The molecule has 0 unspecified atom stereocenters. The van der Waals surface area contributed by atoms with Gasteiger partial charge in [0, 0.05) is 12.1 Å². The lowest BCUT2D eigenvalue weighted by atomic mass is 10.0. The number of nitrogens with one attached hydrogen (secondary N) is 2. The summed E-state index contributed by atoms with van der Waals surface area (Å²) < 4.78 is 0. The molecule has 2 aliphatic rings. The number of urea groups is 1. The van der Waals surface area contributed by atoms with E-state index in [2.05, 4.69) is 10.9 Å². The molecule has 0 saturated carbocycles. The average molecular weight is 304 g/mol. The van der Waals surface area contributed by atoms with Gasteiger partial charge in [-0.05, 0) is 25.0 Å². The summed E-state index contributed by atoms with van der Waals surface area (Å²) in [6.45, 7) is 0.319. The van der Waals surface area contributed by atoms with Gasteiger partial charge in [0.1, 0.15) is 6.04 Å².